The van der Waals surface area contributed by atoms with Crippen LogP contribution in [-0.2, 0) is 20.7 Å². The smallest absolute Gasteiger partial charge is 0.408 e. The molecule has 0 saturated carbocycles. The molecule has 2 atom stereocenters. The first-order valence-electron chi connectivity index (χ1n) is 6.94. The Labute approximate surface area is 129 Å². The lowest BCUT2D eigenvalue weighted by atomic mass is 9.93. The standard InChI is InChI=1S/C16H21NO5/c1-16(2,3)22-15(21)17-13(10-18)12(14(19)20)9-11-7-5-4-6-8-11/h4-8,10,12-13H,9H2,1-3H3,(H,17,21)(H,19,20)/t12?,13-/m1/s1. The maximum Gasteiger partial charge on any atom is 0.408 e. The average Bonchev–Trinajstić information content (AvgIpc) is 2.41. The summed E-state index contributed by atoms with van der Waals surface area (Å²) in [5.74, 6) is -2.22. The summed E-state index contributed by atoms with van der Waals surface area (Å²) in [5.41, 5.74) is 0.0445. The van der Waals surface area contributed by atoms with Crippen molar-refractivity contribution < 1.29 is 24.2 Å². The number of carboxylic acid groups (broad SMARTS) is 1. The Hall–Kier alpha value is -2.37. The van der Waals surface area contributed by atoms with Gasteiger partial charge in [-0.3, -0.25) is 4.79 Å². The lowest BCUT2D eigenvalue weighted by Gasteiger charge is -2.24. The minimum Gasteiger partial charge on any atom is -0.481 e. The molecular weight excluding hydrogens is 286 g/mol. The zero-order valence-corrected chi connectivity index (χ0v) is 12.9. The van der Waals surface area contributed by atoms with Crippen LogP contribution in [0.2, 0.25) is 0 Å². The van der Waals surface area contributed by atoms with Crippen molar-refractivity contribution in [3.8, 4) is 0 Å². The van der Waals surface area contributed by atoms with Gasteiger partial charge >= 0.3 is 12.1 Å². The van der Waals surface area contributed by atoms with Crippen molar-refractivity contribution in [1.82, 2.24) is 5.32 Å². The number of carboxylic acids is 1. The van der Waals surface area contributed by atoms with Crippen LogP contribution in [0.3, 0.4) is 0 Å². The molecule has 1 amide bonds. The van der Waals surface area contributed by atoms with Crippen LogP contribution < -0.4 is 5.32 Å². The number of aliphatic carboxylic acids is 1. The van der Waals surface area contributed by atoms with Gasteiger partial charge in [0.05, 0.1) is 5.92 Å². The molecule has 1 aromatic rings. The van der Waals surface area contributed by atoms with Gasteiger partial charge in [0.15, 0.2) is 0 Å². The molecule has 0 aliphatic carbocycles. The highest BCUT2D eigenvalue weighted by molar-refractivity contribution is 5.81. The number of hydrogen-bond acceptors (Lipinski definition) is 4. The van der Waals surface area contributed by atoms with Crippen molar-refractivity contribution in [3.05, 3.63) is 35.9 Å². The van der Waals surface area contributed by atoms with Crippen LogP contribution in [0.15, 0.2) is 30.3 Å². The molecular formula is C16H21NO5. The van der Waals surface area contributed by atoms with Gasteiger partial charge in [-0.05, 0) is 32.8 Å². The SMILES string of the molecule is CC(C)(C)OC(=O)N[C@H](C=O)C(Cc1ccccc1)C(=O)O. The Bertz CT molecular complexity index is 521. The molecule has 1 aromatic carbocycles. The first kappa shape index (κ1) is 17.7. The van der Waals surface area contributed by atoms with E-state index in [2.05, 4.69) is 5.32 Å². The Morgan fingerprint density at radius 1 is 1.27 bits per heavy atom. The second kappa shape index (κ2) is 7.59. The Morgan fingerprint density at radius 2 is 1.86 bits per heavy atom. The molecule has 0 heterocycles. The zero-order chi connectivity index (χ0) is 16.8. The van der Waals surface area contributed by atoms with Crippen LogP contribution in [0.4, 0.5) is 4.79 Å². The van der Waals surface area contributed by atoms with Gasteiger partial charge in [0.2, 0.25) is 0 Å². The van der Waals surface area contributed by atoms with Crippen LogP contribution >= 0.6 is 0 Å². The van der Waals surface area contributed by atoms with Crippen molar-refractivity contribution in [1.29, 1.82) is 0 Å². The van der Waals surface area contributed by atoms with Crippen LogP contribution in [-0.4, -0.2) is 35.1 Å². The van der Waals surface area contributed by atoms with Gasteiger partial charge in [0.1, 0.15) is 17.9 Å². The highest BCUT2D eigenvalue weighted by Gasteiger charge is 2.31. The van der Waals surface area contributed by atoms with E-state index in [1.165, 1.54) is 0 Å². The zero-order valence-electron chi connectivity index (χ0n) is 12.9. The van der Waals surface area contributed by atoms with E-state index in [9.17, 15) is 19.5 Å². The number of ether oxygens (including phenoxy) is 1. The summed E-state index contributed by atoms with van der Waals surface area (Å²) in [6.45, 7) is 5.05. The van der Waals surface area contributed by atoms with E-state index in [4.69, 9.17) is 4.74 Å². The number of alkyl carbamates (subject to hydrolysis) is 1. The third-order valence-corrected chi connectivity index (χ3v) is 2.88. The lowest BCUT2D eigenvalue weighted by molar-refractivity contribution is -0.143. The van der Waals surface area contributed by atoms with Crippen LogP contribution in [0.1, 0.15) is 26.3 Å². The van der Waals surface area contributed by atoms with Crippen molar-refractivity contribution in [2.24, 2.45) is 5.92 Å². The minimum absolute atomic E-state index is 0.134. The van der Waals surface area contributed by atoms with E-state index in [1.54, 1.807) is 45.0 Å². The van der Waals surface area contributed by atoms with Gasteiger partial charge in [-0.25, -0.2) is 4.79 Å². The first-order valence-corrected chi connectivity index (χ1v) is 6.94. The van der Waals surface area contributed by atoms with E-state index < -0.39 is 29.6 Å². The van der Waals surface area contributed by atoms with Gasteiger partial charge in [0, 0.05) is 0 Å². The molecule has 22 heavy (non-hydrogen) atoms. The van der Waals surface area contributed by atoms with E-state index in [-0.39, 0.29) is 6.42 Å². The van der Waals surface area contributed by atoms with Crippen LogP contribution in [0, 0.1) is 5.92 Å². The van der Waals surface area contributed by atoms with Crippen molar-refractivity contribution >= 4 is 18.3 Å². The fourth-order valence-corrected chi connectivity index (χ4v) is 1.91. The molecule has 0 aromatic heterocycles. The van der Waals surface area contributed by atoms with E-state index in [0.717, 1.165) is 5.56 Å². The largest absolute Gasteiger partial charge is 0.481 e. The second-order valence-electron chi connectivity index (χ2n) is 5.94. The number of hydrogen-bond donors (Lipinski definition) is 2. The molecule has 0 aliphatic rings. The quantitative estimate of drug-likeness (QED) is 0.784. The molecule has 6 nitrogen and oxygen atoms in total. The van der Waals surface area contributed by atoms with Gasteiger partial charge in [0.25, 0.3) is 0 Å². The number of amides is 1. The molecule has 0 saturated heterocycles. The molecule has 0 radical (unpaired) electrons. The molecule has 120 valence electrons. The Balaban J connectivity index is 2.81. The monoisotopic (exact) mass is 307 g/mol. The van der Waals surface area contributed by atoms with Crippen molar-refractivity contribution in [2.45, 2.75) is 38.8 Å². The average molecular weight is 307 g/mol. The van der Waals surface area contributed by atoms with Gasteiger partial charge in [-0.15, -0.1) is 0 Å². The van der Waals surface area contributed by atoms with Crippen molar-refractivity contribution in [2.75, 3.05) is 0 Å². The number of carbonyl (C=O) groups excluding carboxylic acids is 2. The van der Waals surface area contributed by atoms with Crippen LogP contribution in [0.5, 0.6) is 0 Å². The summed E-state index contributed by atoms with van der Waals surface area (Å²) in [5, 5.41) is 11.6. The lowest BCUT2D eigenvalue weighted by Crippen LogP contribution is -2.47. The minimum atomic E-state index is -1.16. The number of benzene rings is 1. The normalized spacial score (nSPS) is 13.8. The molecule has 1 unspecified atom stereocenters. The maximum absolute atomic E-state index is 11.7. The summed E-state index contributed by atoms with van der Waals surface area (Å²) in [4.78, 5) is 34.4. The third-order valence-electron chi connectivity index (χ3n) is 2.88. The summed E-state index contributed by atoms with van der Waals surface area (Å²) in [7, 11) is 0. The predicted octanol–water partition coefficient (Wildman–Crippen LogP) is 2.02. The van der Waals surface area contributed by atoms with E-state index >= 15 is 0 Å². The number of aldehydes is 1. The fraction of sp³-hybridized carbons (Fsp3) is 0.438. The summed E-state index contributed by atoms with van der Waals surface area (Å²) < 4.78 is 5.05. The van der Waals surface area contributed by atoms with Gasteiger partial charge in [-0.2, -0.15) is 0 Å². The predicted molar refractivity (Wildman–Crippen MR) is 80.5 cm³/mol. The van der Waals surface area contributed by atoms with E-state index in [1.807, 2.05) is 6.07 Å². The molecule has 1 rings (SSSR count). The second-order valence-corrected chi connectivity index (χ2v) is 5.94. The summed E-state index contributed by atoms with van der Waals surface area (Å²) in [6.07, 6.45) is -0.259. The molecule has 0 fully saturated rings. The van der Waals surface area contributed by atoms with E-state index in [0.29, 0.717) is 6.29 Å². The highest BCUT2D eigenvalue weighted by atomic mass is 16.6. The number of rotatable bonds is 6. The van der Waals surface area contributed by atoms with Crippen LogP contribution in [0.25, 0.3) is 0 Å². The Kier molecular flexibility index (Phi) is 6.10. The topological polar surface area (TPSA) is 92.7 Å². The molecule has 2 N–H and O–H groups in total. The summed E-state index contributed by atoms with van der Waals surface area (Å²) in [6, 6.07) is 7.76. The fourth-order valence-electron chi connectivity index (χ4n) is 1.91. The molecule has 0 bridgehead atoms. The first-order chi connectivity index (χ1) is 10.2. The van der Waals surface area contributed by atoms with Gasteiger partial charge < -0.3 is 20.0 Å². The molecule has 0 aliphatic heterocycles. The number of carbonyl (C=O) groups is 3. The molecule has 0 spiro atoms. The Morgan fingerprint density at radius 3 is 2.32 bits per heavy atom. The molecule has 6 heteroatoms. The highest BCUT2D eigenvalue weighted by Crippen LogP contribution is 2.14. The maximum atomic E-state index is 11.7. The number of nitrogens with one attached hydrogen (secondary N) is 1. The van der Waals surface area contributed by atoms with Crippen molar-refractivity contribution in [3.63, 3.8) is 0 Å². The van der Waals surface area contributed by atoms with Gasteiger partial charge in [-0.1, -0.05) is 30.3 Å². The summed E-state index contributed by atoms with van der Waals surface area (Å²) >= 11 is 0. The third kappa shape index (κ3) is 5.95.